The highest BCUT2D eigenvalue weighted by molar-refractivity contribution is 5.05. The molecule has 2 unspecified atom stereocenters. The zero-order valence-corrected chi connectivity index (χ0v) is 12.6. The SMILES string of the molecule is CCNC(c1nccn1CC)C1CN(C)CCN1C. The minimum Gasteiger partial charge on any atom is -0.334 e. The first-order valence-corrected chi connectivity index (χ1v) is 7.30. The van der Waals surface area contributed by atoms with Gasteiger partial charge in [-0.2, -0.15) is 0 Å². The van der Waals surface area contributed by atoms with Gasteiger partial charge < -0.3 is 14.8 Å². The first kappa shape index (κ1) is 14.5. The number of nitrogens with zero attached hydrogens (tertiary/aromatic N) is 4. The van der Waals surface area contributed by atoms with Crippen molar-refractivity contribution in [3.8, 4) is 0 Å². The Kier molecular flexibility index (Phi) is 4.96. The molecule has 5 heteroatoms. The number of aromatic nitrogens is 2. The van der Waals surface area contributed by atoms with Crippen LogP contribution in [0.5, 0.6) is 0 Å². The Hall–Kier alpha value is -0.910. The highest BCUT2D eigenvalue weighted by atomic mass is 15.3. The van der Waals surface area contributed by atoms with E-state index < -0.39 is 0 Å². The van der Waals surface area contributed by atoms with E-state index in [-0.39, 0.29) is 0 Å². The third kappa shape index (κ3) is 3.16. The van der Waals surface area contributed by atoms with E-state index in [2.05, 4.69) is 58.8 Å². The van der Waals surface area contributed by atoms with Crippen molar-refractivity contribution in [1.29, 1.82) is 0 Å². The largest absolute Gasteiger partial charge is 0.334 e. The van der Waals surface area contributed by atoms with E-state index in [0.717, 1.165) is 38.5 Å². The summed E-state index contributed by atoms with van der Waals surface area (Å²) in [6.45, 7) is 9.64. The molecule has 1 aliphatic rings. The molecule has 108 valence electrons. The Morgan fingerprint density at radius 2 is 2.16 bits per heavy atom. The Balaban J connectivity index is 2.23. The first-order chi connectivity index (χ1) is 9.17. The maximum atomic E-state index is 4.60. The fourth-order valence-corrected chi connectivity index (χ4v) is 2.89. The lowest BCUT2D eigenvalue weighted by Crippen LogP contribution is -2.55. The fourth-order valence-electron chi connectivity index (χ4n) is 2.89. The van der Waals surface area contributed by atoms with Crippen LogP contribution in [0.2, 0.25) is 0 Å². The second-order valence-electron chi connectivity index (χ2n) is 5.42. The van der Waals surface area contributed by atoms with Gasteiger partial charge in [0.1, 0.15) is 5.82 Å². The molecular formula is C14H27N5. The summed E-state index contributed by atoms with van der Waals surface area (Å²) in [7, 11) is 4.43. The molecule has 1 aliphatic heterocycles. The second-order valence-corrected chi connectivity index (χ2v) is 5.42. The number of piperazine rings is 1. The van der Waals surface area contributed by atoms with Gasteiger partial charge in [0.25, 0.3) is 0 Å². The molecular weight excluding hydrogens is 238 g/mol. The zero-order valence-electron chi connectivity index (χ0n) is 12.6. The van der Waals surface area contributed by atoms with Crippen molar-refractivity contribution in [3.63, 3.8) is 0 Å². The molecule has 2 atom stereocenters. The molecule has 0 amide bonds. The molecule has 0 saturated carbocycles. The lowest BCUT2D eigenvalue weighted by Gasteiger charge is -2.41. The van der Waals surface area contributed by atoms with Crippen molar-refractivity contribution in [2.45, 2.75) is 32.5 Å². The van der Waals surface area contributed by atoms with Crippen molar-refractivity contribution in [2.24, 2.45) is 0 Å². The maximum absolute atomic E-state index is 4.60. The molecule has 0 aliphatic carbocycles. The van der Waals surface area contributed by atoms with Crippen LogP contribution in [0.3, 0.4) is 0 Å². The smallest absolute Gasteiger partial charge is 0.127 e. The van der Waals surface area contributed by atoms with Gasteiger partial charge in [0.15, 0.2) is 0 Å². The molecule has 19 heavy (non-hydrogen) atoms. The molecule has 2 heterocycles. The van der Waals surface area contributed by atoms with Crippen LogP contribution in [-0.4, -0.2) is 65.7 Å². The molecule has 1 fully saturated rings. The van der Waals surface area contributed by atoms with E-state index in [4.69, 9.17) is 0 Å². The molecule has 2 rings (SSSR count). The molecule has 0 radical (unpaired) electrons. The third-order valence-electron chi connectivity index (χ3n) is 4.07. The lowest BCUT2D eigenvalue weighted by atomic mass is 10.0. The van der Waals surface area contributed by atoms with Crippen LogP contribution in [0.1, 0.15) is 25.7 Å². The number of nitrogens with one attached hydrogen (secondary N) is 1. The van der Waals surface area contributed by atoms with Gasteiger partial charge in [-0.25, -0.2) is 4.98 Å². The highest BCUT2D eigenvalue weighted by Gasteiger charge is 2.32. The molecule has 1 aromatic heterocycles. The Bertz CT molecular complexity index is 389. The van der Waals surface area contributed by atoms with E-state index >= 15 is 0 Å². The van der Waals surface area contributed by atoms with Crippen LogP contribution in [0.25, 0.3) is 0 Å². The maximum Gasteiger partial charge on any atom is 0.127 e. The normalized spacial score (nSPS) is 23.7. The van der Waals surface area contributed by atoms with Crippen molar-refractivity contribution in [1.82, 2.24) is 24.7 Å². The third-order valence-corrected chi connectivity index (χ3v) is 4.07. The lowest BCUT2D eigenvalue weighted by molar-refractivity contribution is 0.0848. The van der Waals surface area contributed by atoms with Crippen LogP contribution in [0, 0.1) is 0 Å². The Morgan fingerprint density at radius 1 is 1.37 bits per heavy atom. The van der Waals surface area contributed by atoms with Gasteiger partial charge >= 0.3 is 0 Å². The topological polar surface area (TPSA) is 36.3 Å². The van der Waals surface area contributed by atoms with Gasteiger partial charge in [-0.3, -0.25) is 4.90 Å². The molecule has 5 nitrogen and oxygen atoms in total. The highest BCUT2D eigenvalue weighted by Crippen LogP contribution is 2.22. The summed E-state index contributed by atoms with van der Waals surface area (Å²) >= 11 is 0. The second kappa shape index (κ2) is 6.50. The quantitative estimate of drug-likeness (QED) is 0.854. The van der Waals surface area contributed by atoms with Crippen LogP contribution in [0.15, 0.2) is 12.4 Å². The molecule has 0 spiro atoms. The summed E-state index contributed by atoms with van der Waals surface area (Å²) in [5.74, 6) is 1.16. The predicted octanol–water partition coefficient (Wildman–Crippen LogP) is 0.799. The summed E-state index contributed by atoms with van der Waals surface area (Å²) in [5.41, 5.74) is 0. The van der Waals surface area contributed by atoms with Gasteiger partial charge in [0, 0.05) is 44.6 Å². The summed E-state index contributed by atoms with van der Waals surface area (Å²) in [6.07, 6.45) is 3.99. The number of hydrogen-bond acceptors (Lipinski definition) is 4. The average molecular weight is 265 g/mol. The molecule has 0 aromatic carbocycles. The van der Waals surface area contributed by atoms with E-state index in [1.165, 1.54) is 0 Å². The summed E-state index contributed by atoms with van der Waals surface area (Å²) in [6, 6.07) is 0.777. The summed E-state index contributed by atoms with van der Waals surface area (Å²) < 4.78 is 2.25. The zero-order chi connectivity index (χ0) is 13.8. The van der Waals surface area contributed by atoms with E-state index in [1.807, 2.05) is 6.20 Å². The Morgan fingerprint density at radius 3 is 2.84 bits per heavy atom. The van der Waals surface area contributed by atoms with E-state index in [0.29, 0.717) is 12.1 Å². The van der Waals surface area contributed by atoms with Gasteiger partial charge in [0.05, 0.1) is 6.04 Å². The monoisotopic (exact) mass is 265 g/mol. The standard InChI is InChI=1S/C14H27N5/c1-5-15-13(14-16-7-8-19(14)6-2)12-11-17(3)9-10-18(12)4/h7-8,12-13,15H,5-6,9-11H2,1-4H3. The molecule has 1 saturated heterocycles. The van der Waals surface area contributed by atoms with Crippen LogP contribution < -0.4 is 5.32 Å². The van der Waals surface area contributed by atoms with Crippen LogP contribution in [-0.2, 0) is 6.54 Å². The number of imidazole rings is 1. The van der Waals surface area contributed by atoms with Crippen molar-refractivity contribution >= 4 is 0 Å². The number of rotatable bonds is 5. The fraction of sp³-hybridized carbons (Fsp3) is 0.786. The summed E-state index contributed by atoms with van der Waals surface area (Å²) in [4.78, 5) is 9.47. The molecule has 0 bridgehead atoms. The van der Waals surface area contributed by atoms with Gasteiger partial charge in [0.2, 0.25) is 0 Å². The van der Waals surface area contributed by atoms with Crippen LogP contribution >= 0.6 is 0 Å². The van der Waals surface area contributed by atoms with Crippen molar-refractivity contribution < 1.29 is 0 Å². The van der Waals surface area contributed by atoms with E-state index in [1.54, 1.807) is 0 Å². The number of hydrogen-bond donors (Lipinski definition) is 1. The first-order valence-electron chi connectivity index (χ1n) is 7.30. The molecule has 1 N–H and O–H groups in total. The minimum absolute atomic E-state index is 0.299. The number of likely N-dealkylation sites (N-methyl/N-ethyl adjacent to an activating group) is 3. The summed E-state index contributed by atoms with van der Waals surface area (Å²) in [5, 5.41) is 3.63. The van der Waals surface area contributed by atoms with Gasteiger partial charge in [-0.15, -0.1) is 0 Å². The van der Waals surface area contributed by atoms with Gasteiger partial charge in [-0.05, 0) is 27.6 Å². The average Bonchev–Trinajstić information content (AvgIpc) is 2.87. The van der Waals surface area contributed by atoms with Crippen molar-refractivity contribution in [2.75, 3.05) is 40.3 Å². The molecule has 1 aromatic rings. The van der Waals surface area contributed by atoms with Crippen LogP contribution in [0.4, 0.5) is 0 Å². The predicted molar refractivity (Wildman–Crippen MR) is 78.2 cm³/mol. The van der Waals surface area contributed by atoms with E-state index in [9.17, 15) is 0 Å². The minimum atomic E-state index is 0.299. The number of aryl methyl sites for hydroxylation is 1. The Labute approximate surface area is 116 Å². The van der Waals surface area contributed by atoms with Gasteiger partial charge in [-0.1, -0.05) is 6.92 Å². The van der Waals surface area contributed by atoms with Crippen molar-refractivity contribution in [3.05, 3.63) is 18.2 Å².